The molecule has 3 heteroatoms. The van der Waals surface area contributed by atoms with Gasteiger partial charge in [-0.3, -0.25) is 0 Å². The SMILES string of the molecule is COc1cc2[nH]c(-c3ccccc3)c(C)c2cc1OC. The van der Waals surface area contributed by atoms with E-state index in [0.717, 1.165) is 28.1 Å². The van der Waals surface area contributed by atoms with E-state index in [0.29, 0.717) is 0 Å². The first-order valence-electron chi connectivity index (χ1n) is 6.54. The molecule has 0 amide bonds. The minimum atomic E-state index is 0.737. The molecule has 0 radical (unpaired) electrons. The van der Waals surface area contributed by atoms with Gasteiger partial charge >= 0.3 is 0 Å². The van der Waals surface area contributed by atoms with Crippen LogP contribution >= 0.6 is 0 Å². The van der Waals surface area contributed by atoms with Gasteiger partial charge in [0, 0.05) is 17.1 Å². The number of hydrogen-bond donors (Lipinski definition) is 1. The highest BCUT2D eigenvalue weighted by atomic mass is 16.5. The summed E-state index contributed by atoms with van der Waals surface area (Å²) in [4.78, 5) is 3.47. The third-order valence-corrected chi connectivity index (χ3v) is 3.62. The Hall–Kier alpha value is -2.42. The predicted octanol–water partition coefficient (Wildman–Crippen LogP) is 4.16. The molecule has 0 spiro atoms. The van der Waals surface area contributed by atoms with Crippen molar-refractivity contribution < 1.29 is 9.47 Å². The maximum Gasteiger partial charge on any atom is 0.162 e. The first kappa shape index (κ1) is 12.6. The fourth-order valence-corrected chi connectivity index (χ4v) is 2.55. The fourth-order valence-electron chi connectivity index (χ4n) is 2.55. The Labute approximate surface area is 118 Å². The van der Waals surface area contributed by atoms with Crippen LogP contribution in [0.3, 0.4) is 0 Å². The van der Waals surface area contributed by atoms with Crippen LogP contribution in [0, 0.1) is 6.92 Å². The maximum atomic E-state index is 5.38. The monoisotopic (exact) mass is 267 g/mol. The summed E-state index contributed by atoms with van der Waals surface area (Å²) in [7, 11) is 3.31. The van der Waals surface area contributed by atoms with Crippen molar-refractivity contribution in [1.82, 2.24) is 4.98 Å². The molecule has 0 aliphatic rings. The average molecular weight is 267 g/mol. The molecule has 2 aromatic carbocycles. The smallest absolute Gasteiger partial charge is 0.162 e. The van der Waals surface area contributed by atoms with E-state index >= 15 is 0 Å². The van der Waals surface area contributed by atoms with Gasteiger partial charge in [-0.2, -0.15) is 0 Å². The number of aromatic nitrogens is 1. The van der Waals surface area contributed by atoms with Crippen molar-refractivity contribution in [2.75, 3.05) is 14.2 Å². The Morgan fingerprint density at radius 1 is 0.900 bits per heavy atom. The number of hydrogen-bond acceptors (Lipinski definition) is 2. The molecule has 3 aromatic rings. The topological polar surface area (TPSA) is 34.2 Å². The van der Waals surface area contributed by atoms with Crippen molar-refractivity contribution in [1.29, 1.82) is 0 Å². The Kier molecular flexibility index (Phi) is 3.11. The Bertz CT molecular complexity index is 745. The number of rotatable bonds is 3. The van der Waals surface area contributed by atoms with Gasteiger partial charge in [0.2, 0.25) is 0 Å². The number of benzene rings is 2. The number of H-pyrrole nitrogens is 1. The van der Waals surface area contributed by atoms with Gasteiger partial charge in [-0.1, -0.05) is 30.3 Å². The summed E-state index contributed by atoms with van der Waals surface area (Å²) < 4.78 is 10.7. The molecule has 20 heavy (non-hydrogen) atoms. The number of methoxy groups -OCH3 is 2. The van der Waals surface area contributed by atoms with Gasteiger partial charge in [-0.15, -0.1) is 0 Å². The zero-order valence-corrected chi connectivity index (χ0v) is 11.9. The molecular weight excluding hydrogens is 250 g/mol. The summed E-state index contributed by atoms with van der Waals surface area (Å²) in [5, 5.41) is 1.15. The van der Waals surface area contributed by atoms with E-state index in [2.05, 4.69) is 24.0 Å². The number of aromatic amines is 1. The van der Waals surface area contributed by atoms with Crippen LogP contribution in [0.4, 0.5) is 0 Å². The quantitative estimate of drug-likeness (QED) is 0.773. The van der Waals surface area contributed by atoms with Crippen molar-refractivity contribution >= 4 is 10.9 Å². The van der Waals surface area contributed by atoms with E-state index in [9.17, 15) is 0 Å². The van der Waals surface area contributed by atoms with E-state index in [4.69, 9.17) is 9.47 Å². The van der Waals surface area contributed by atoms with Crippen LogP contribution in [-0.4, -0.2) is 19.2 Å². The van der Waals surface area contributed by atoms with Crippen LogP contribution in [-0.2, 0) is 0 Å². The molecule has 3 nitrogen and oxygen atoms in total. The lowest BCUT2D eigenvalue weighted by molar-refractivity contribution is 0.356. The molecule has 0 unspecified atom stereocenters. The second kappa shape index (κ2) is 4.93. The third-order valence-electron chi connectivity index (χ3n) is 3.62. The summed E-state index contributed by atoms with van der Waals surface area (Å²) >= 11 is 0. The van der Waals surface area contributed by atoms with Crippen molar-refractivity contribution in [3.63, 3.8) is 0 Å². The molecule has 102 valence electrons. The van der Waals surface area contributed by atoms with Crippen molar-refractivity contribution in [3.8, 4) is 22.8 Å². The van der Waals surface area contributed by atoms with Gasteiger partial charge in [0.15, 0.2) is 11.5 Å². The van der Waals surface area contributed by atoms with E-state index in [1.165, 1.54) is 11.1 Å². The summed E-state index contributed by atoms with van der Waals surface area (Å²) in [6.45, 7) is 2.12. The fraction of sp³-hybridized carbons (Fsp3) is 0.176. The minimum Gasteiger partial charge on any atom is -0.493 e. The Morgan fingerprint density at radius 3 is 2.20 bits per heavy atom. The zero-order chi connectivity index (χ0) is 14.1. The molecule has 0 fully saturated rings. The first-order chi connectivity index (χ1) is 9.74. The molecule has 0 saturated heterocycles. The Balaban J connectivity index is 2.25. The molecule has 0 aliphatic carbocycles. The van der Waals surface area contributed by atoms with E-state index in [1.54, 1.807) is 14.2 Å². The van der Waals surface area contributed by atoms with Gasteiger partial charge in [-0.25, -0.2) is 0 Å². The van der Waals surface area contributed by atoms with E-state index in [1.807, 2.05) is 30.3 Å². The normalized spacial score (nSPS) is 10.8. The standard InChI is InChI=1S/C17H17NO2/c1-11-13-9-15(19-2)16(20-3)10-14(13)18-17(11)12-7-5-4-6-8-12/h4-10,18H,1-3H3. The van der Waals surface area contributed by atoms with Gasteiger partial charge in [-0.05, 0) is 24.1 Å². The largest absolute Gasteiger partial charge is 0.493 e. The van der Waals surface area contributed by atoms with Crippen LogP contribution in [0.1, 0.15) is 5.56 Å². The Morgan fingerprint density at radius 2 is 1.55 bits per heavy atom. The molecule has 1 N–H and O–H groups in total. The highest BCUT2D eigenvalue weighted by Crippen LogP contribution is 2.36. The lowest BCUT2D eigenvalue weighted by atomic mass is 10.1. The number of nitrogens with one attached hydrogen (secondary N) is 1. The van der Waals surface area contributed by atoms with Gasteiger partial charge < -0.3 is 14.5 Å². The summed E-state index contributed by atoms with van der Waals surface area (Å²) in [6, 6.07) is 14.3. The number of ether oxygens (including phenoxy) is 2. The van der Waals surface area contributed by atoms with Crippen molar-refractivity contribution in [3.05, 3.63) is 48.0 Å². The molecule has 0 aliphatic heterocycles. The second-order valence-electron chi connectivity index (χ2n) is 4.74. The average Bonchev–Trinajstić information content (AvgIpc) is 2.83. The van der Waals surface area contributed by atoms with Crippen LogP contribution in [0.25, 0.3) is 22.2 Å². The van der Waals surface area contributed by atoms with Crippen molar-refractivity contribution in [2.45, 2.75) is 6.92 Å². The highest BCUT2D eigenvalue weighted by Gasteiger charge is 2.13. The molecule has 0 atom stereocenters. The zero-order valence-electron chi connectivity index (χ0n) is 11.9. The van der Waals surface area contributed by atoms with Gasteiger partial charge in [0.05, 0.1) is 19.7 Å². The van der Waals surface area contributed by atoms with Crippen LogP contribution in [0.5, 0.6) is 11.5 Å². The van der Waals surface area contributed by atoms with E-state index in [-0.39, 0.29) is 0 Å². The number of aryl methyl sites for hydroxylation is 1. The summed E-state index contributed by atoms with van der Waals surface area (Å²) in [5.74, 6) is 1.49. The third kappa shape index (κ3) is 1.92. The first-order valence-corrected chi connectivity index (χ1v) is 6.54. The molecule has 0 saturated carbocycles. The van der Waals surface area contributed by atoms with Crippen LogP contribution < -0.4 is 9.47 Å². The highest BCUT2D eigenvalue weighted by molar-refractivity contribution is 5.92. The molecular formula is C17H17NO2. The lowest BCUT2D eigenvalue weighted by Crippen LogP contribution is -1.90. The van der Waals surface area contributed by atoms with Gasteiger partial charge in [0.1, 0.15) is 0 Å². The van der Waals surface area contributed by atoms with E-state index < -0.39 is 0 Å². The predicted molar refractivity (Wildman–Crippen MR) is 81.6 cm³/mol. The molecule has 0 bridgehead atoms. The maximum absolute atomic E-state index is 5.38. The molecule has 1 heterocycles. The minimum absolute atomic E-state index is 0.737. The second-order valence-corrected chi connectivity index (χ2v) is 4.74. The van der Waals surface area contributed by atoms with Crippen LogP contribution in [0.2, 0.25) is 0 Å². The lowest BCUT2D eigenvalue weighted by Gasteiger charge is -2.07. The molecule has 1 aromatic heterocycles. The molecule has 3 rings (SSSR count). The summed E-state index contributed by atoms with van der Waals surface area (Å²) in [5.41, 5.74) is 4.58. The summed E-state index contributed by atoms with van der Waals surface area (Å²) in [6.07, 6.45) is 0. The van der Waals surface area contributed by atoms with Gasteiger partial charge in [0.25, 0.3) is 0 Å². The van der Waals surface area contributed by atoms with Crippen molar-refractivity contribution in [2.24, 2.45) is 0 Å². The van der Waals surface area contributed by atoms with Crippen LogP contribution in [0.15, 0.2) is 42.5 Å². The number of fused-ring (bicyclic) bond motifs is 1.